The first-order valence-electron chi connectivity index (χ1n) is 6.85. The Morgan fingerprint density at radius 3 is 2.48 bits per heavy atom. The molecule has 0 radical (unpaired) electrons. The topological polar surface area (TPSA) is 74.7 Å². The molecule has 0 aromatic heterocycles. The number of nitrogens with zero attached hydrogens (tertiary/aromatic N) is 1. The lowest BCUT2D eigenvalue weighted by Crippen LogP contribution is -2.38. The fourth-order valence-electron chi connectivity index (χ4n) is 2.64. The molecule has 21 heavy (non-hydrogen) atoms. The Morgan fingerprint density at radius 2 is 1.90 bits per heavy atom. The fourth-order valence-corrected chi connectivity index (χ4v) is 4.08. The van der Waals surface area contributed by atoms with Gasteiger partial charge in [-0.05, 0) is 31.0 Å². The second kappa shape index (κ2) is 6.11. The van der Waals surface area contributed by atoms with Gasteiger partial charge in [-0.2, -0.15) is 4.31 Å². The number of hydrogen-bond donors (Lipinski definition) is 1. The quantitative estimate of drug-likeness (QED) is 0.926. The lowest BCUT2D eigenvalue weighted by Gasteiger charge is -2.30. The Morgan fingerprint density at radius 1 is 1.29 bits per heavy atom. The van der Waals surface area contributed by atoms with Crippen molar-refractivity contribution >= 4 is 16.0 Å². The summed E-state index contributed by atoms with van der Waals surface area (Å²) >= 11 is 0. The van der Waals surface area contributed by atoms with E-state index in [1.54, 1.807) is 0 Å². The van der Waals surface area contributed by atoms with Crippen LogP contribution in [0.3, 0.4) is 0 Å². The van der Waals surface area contributed by atoms with Crippen LogP contribution >= 0.6 is 0 Å². The van der Waals surface area contributed by atoms with Gasteiger partial charge in [-0.3, -0.25) is 0 Å². The normalized spacial score (nSPS) is 17.1. The summed E-state index contributed by atoms with van der Waals surface area (Å²) in [6, 6.07) is 2.79. The zero-order valence-corrected chi connectivity index (χ0v) is 12.6. The second-order valence-electron chi connectivity index (χ2n) is 5.26. The highest BCUT2D eigenvalue weighted by Crippen LogP contribution is 2.27. The van der Waals surface area contributed by atoms with Gasteiger partial charge in [-0.1, -0.05) is 19.3 Å². The van der Waals surface area contributed by atoms with E-state index in [9.17, 15) is 17.6 Å². The number of rotatable bonds is 4. The third-order valence-electron chi connectivity index (χ3n) is 3.93. The van der Waals surface area contributed by atoms with Crippen LogP contribution in [0.25, 0.3) is 0 Å². The van der Waals surface area contributed by atoms with E-state index in [1.807, 2.05) is 0 Å². The van der Waals surface area contributed by atoms with E-state index < -0.39 is 27.4 Å². The van der Waals surface area contributed by atoms with Crippen molar-refractivity contribution in [3.05, 3.63) is 29.6 Å². The van der Waals surface area contributed by atoms with Crippen LogP contribution in [0.2, 0.25) is 0 Å². The predicted octanol–water partition coefficient (Wildman–Crippen LogP) is 2.48. The summed E-state index contributed by atoms with van der Waals surface area (Å²) in [5.74, 6) is -2.42. The van der Waals surface area contributed by atoms with Crippen LogP contribution in [-0.4, -0.2) is 36.9 Å². The Labute approximate surface area is 123 Å². The molecule has 0 atom stereocenters. The second-order valence-corrected chi connectivity index (χ2v) is 7.26. The summed E-state index contributed by atoms with van der Waals surface area (Å²) in [5.41, 5.74) is -0.631. The van der Waals surface area contributed by atoms with Crippen molar-refractivity contribution in [1.29, 1.82) is 0 Å². The Hall–Kier alpha value is -1.47. The molecule has 1 aliphatic carbocycles. The van der Waals surface area contributed by atoms with Crippen molar-refractivity contribution in [1.82, 2.24) is 4.31 Å². The summed E-state index contributed by atoms with van der Waals surface area (Å²) in [6.07, 6.45) is 4.65. The van der Waals surface area contributed by atoms with Crippen LogP contribution in [0.5, 0.6) is 0 Å². The van der Waals surface area contributed by atoms with E-state index in [4.69, 9.17) is 5.11 Å². The highest BCUT2D eigenvalue weighted by molar-refractivity contribution is 7.89. The van der Waals surface area contributed by atoms with Gasteiger partial charge in [0.1, 0.15) is 5.82 Å². The molecule has 1 fully saturated rings. The molecule has 0 spiro atoms. The molecule has 0 unspecified atom stereocenters. The van der Waals surface area contributed by atoms with Gasteiger partial charge >= 0.3 is 5.97 Å². The Bertz CT molecular complexity index is 638. The van der Waals surface area contributed by atoms with Crippen LogP contribution in [0.15, 0.2) is 23.1 Å². The highest BCUT2D eigenvalue weighted by Gasteiger charge is 2.30. The monoisotopic (exact) mass is 315 g/mol. The molecule has 1 N–H and O–H groups in total. The zero-order chi connectivity index (χ0) is 15.6. The fraction of sp³-hybridized carbons (Fsp3) is 0.500. The lowest BCUT2D eigenvalue weighted by molar-refractivity contribution is 0.0691. The number of halogens is 1. The maximum Gasteiger partial charge on any atom is 0.338 e. The van der Waals surface area contributed by atoms with E-state index in [0.29, 0.717) is 0 Å². The molecule has 116 valence electrons. The van der Waals surface area contributed by atoms with Crippen molar-refractivity contribution in [3.8, 4) is 0 Å². The molecule has 0 amide bonds. The maximum atomic E-state index is 13.4. The van der Waals surface area contributed by atoms with Gasteiger partial charge in [0, 0.05) is 13.1 Å². The summed E-state index contributed by atoms with van der Waals surface area (Å²) < 4.78 is 39.7. The van der Waals surface area contributed by atoms with Crippen molar-refractivity contribution in [2.75, 3.05) is 7.05 Å². The van der Waals surface area contributed by atoms with Crippen molar-refractivity contribution in [2.45, 2.75) is 43.0 Å². The minimum Gasteiger partial charge on any atom is -0.478 e. The number of benzene rings is 1. The van der Waals surface area contributed by atoms with Gasteiger partial charge in [-0.15, -0.1) is 0 Å². The largest absolute Gasteiger partial charge is 0.478 e. The van der Waals surface area contributed by atoms with E-state index in [2.05, 4.69) is 0 Å². The van der Waals surface area contributed by atoms with Gasteiger partial charge in [0.2, 0.25) is 10.0 Å². The summed E-state index contributed by atoms with van der Waals surface area (Å²) in [6.45, 7) is 0. The maximum absolute atomic E-state index is 13.4. The molecule has 1 aromatic carbocycles. The van der Waals surface area contributed by atoms with Gasteiger partial charge in [0.15, 0.2) is 0 Å². The minimum absolute atomic E-state index is 0.0814. The van der Waals surface area contributed by atoms with Crippen molar-refractivity contribution in [2.24, 2.45) is 0 Å². The standard InChI is InChI=1S/C14H18FNO4S/c1-16(10-5-3-2-4-6-10)21(19,20)11-7-8-13(15)12(9-11)14(17)18/h7-10H,2-6H2,1H3,(H,17,18). The van der Waals surface area contributed by atoms with Crippen LogP contribution in [0.1, 0.15) is 42.5 Å². The number of sulfonamides is 1. The first-order valence-corrected chi connectivity index (χ1v) is 8.29. The molecule has 2 rings (SSSR count). The van der Waals surface area contributed by atoms with Crippen LogP contribution < -0.4 is 0 Å². The van der Waals surface area contributed by atoms with Crippen LogP contribution in [-0.2, 0) is 10.0 Å². The number of carbonyl (C=O) groups is 1. The Balaban J connectivity index is 2.34. The third kappa shape index (κ3) is 3.24. The Kier molecular flexibility index (Phi) is 4.63. The van der Waals surface area contributed by atoms with Gasteiger partial charge in [0.05, 0.1) is 10.5 Å². The SMILES string of the molecule is CN(C1CCCCC1)S(=O)(=O)c1ccc(F)c(C(=O)O)c1. The van der Waals surface area contributed by atoms with Crippen molar-refractivity contribution in [3.63, 3.8) is 0 Å². The molecule has 0 saturated heterocycles. The highest BCUT2D eigenvalue weighted by atomic mass is 32.2. The first-order chi connectivity index (χ1) is 9.84. The summed E-state index contributed by atoms with van der Waals surface area (Å²) in [4.78, 5) is 10.7. The first kappa shape index (κ1) is 15.9. The number of aromatic carboxylic acids is 1. The molecule has 1 aliphatic rings. The molecular weight excluding hydrogens is 297 g/mol. The number of carboxylic acid groups (broad SMARTS) is 1. The average molecular weight is 315 g/mol. The van der Waals surface area contributed by atoms with Gasteiger partial charge in [0.25, 0.3) is 0 Å². The molecule has 1 saturated carbocycles. The summed E-state index contributed by atoms with van der Waals surface area (Å²) in [5, 5.41) is 8.89. The molecule has 7 heteroatoms. The van der Waals surface area contributed by atoms with E-state index in [1.165, 1.54) is 11.4 Å². The molecule has 5 nitrogen and oxygen atoms in total. The summed E-state index contributed by atoms with van der Waals surface area (Å²) in [7, 11) is -2.31. The van der Waals surface area contributed by atoms with Crippen LogP contribution in [0.4, 0.5) is 4.39 Å². The third-order valence-corrected chi connectivity index (χ3v) is 5.84. The molecule has 0 bridgehead atoms. The van der Waals surface area contributed by atoms with Gasteiger partial charge < -0.3 is 5.11 Å². The molecular formula is C14H18FNO4S. The average Bonchev–Trinajstić information content (AvgIpc) is 2.47. The molecule has 0 aliphatic heterocycles. The number of carboxylic acids is 1. The lowest BCUT2D eigenvalue weighted by atomic mass is 9.96. The van der Waals surface area contributed by atoms with E-state index in [-0.39, 0.29) is 10.9 Å². The van der Waals surface area contributed by atoms with Crippen molar-refractivity contribution < 1.29 is 22.7 Å². The zero-order valence-electron chi connectivity index (χ0n) is 11.8. The van der Waals surface area contributed by atoms with E-state index >= 15 is 0 Å². The van der Waals surface area contributed by atoms with Gasteiger partial charge in [-0.25, -0.2) is 17.6 Å². The smallest absolute Gasteiger partial charge is 0.338 e. The van der Waals surface area contributed by atoms with E-state index in [0.717, 1.165) is 50.3 Å². The predicted molar refractivity (Wildman–Crippen MR) is 75.2 cm³/mol. The van der Waals surface area contributed by atoms with Crippen LogP contribution in [0, 0.1) is 5.82 Å². The molecule has 1 aromatic rings. The number of hydrogen-bond acceptors (Lipinski definition) is 3. The minimum atomic E-state index is -3.81. The molecule has 0 heterocycles.